The maximum absolute atomic E-state index is 2.65. The van der Waals surface area contributed by atoms with E-state index in [1.807, 2.05) is 0 Å². The van der Waals surface area contributed by atoms with Crippen LogP contribution in [0.25, 0.3) is 86.9 Å². The summed E-state index contributed by atoms with van der Waals surface area (Å²) < 4.78 is 0. The molecule has 0 saturated heterocycles. The van der Waals surface area contributed by atoms with Crippen molar-refractivity contribution < 1.29 is 0 Å². The summed E-state index contributed by atoms with van der Waals surface area (Å²) >= 11 is 0. The Labute approximate surface area is 420 Å². The number of nitrogens with zero attached hydrogens (tertiary/aromatic N) is 2. The predicted octanol–water partition coefficient (Wildman–Crippen LogP) is 19.5. The zero-order valence-corrected chi connectivity index (χ0v) is 40.3. The minimum absolute atomic E-state index is 1.08. The van der Waals surface area contributed by atoms with E-state index in [1.54, 1.807) is 0 Å². The number of hydrogen-bond donors (Lipinski definition) is 0. The van der Waals surface area contributed by atoms with Crippen LogP contribution in [-0.4, -0.2) is 0 Å². The molecule has 0 bridgehead atoms. The van der Waals surface area contributed by atoms with Crippen LogP contribution in [0.2, 0.25) is 0 Å². The summed E-state index contributed by atoms with van der Waals surface area (Å²) in [6.07, 6.45) is 9.15. The van der Waals surface area contributed by atoms with Gasteiger partial charge >= 0.3 is 0 Å². The van der Waals surface area contributed by atoms with E-state index in [1.165, 1.54) is 169 Å². The number of hydrogen-bond acceptors (Lipinski definition) is 2. The lowest BCUT2D eigenvalue weighted by Crippen LogP contribution is -2.12. The van der Waals surface area contributed by atoms with Crippen LogP contribution in [0.5, 0.6) is 0 Å². The lowest BCUT2D eigenvalue weighted by atomic mass is 9.84. The molecule has 2 nitrogen and oxygen atoms in total. The number of rotatable bonds is 8. The molecule has 0 amide bonds. The van der Waals surface area contributed by atoms with Gasteiger partial charge < -0.3 is 9.80 Å². The first kappa shape index (κ1) is 41.3. The van der Waals surface area contributed by atoms with E-state index in [2.05, 4.69) is 228 Å². The molecule has 342 valence electrons. The fraction of sp³-hybridized carbons (Fsp3) is 0.114. The van der Waals surface area contributed by atoms with E-state index in [0.717, 1.165) is 25.7 Å². The maximum atomic E-state index is 2.65. The summed E-state index contributed by atoms with van der Waals surface area (Å²) in [5.41, 5.74) is 18.5. The van der Waals surface area contributed by atoms with E-state index in [-0.39, 0.29) is 0 Å². The van der Waals surface area contributed by atoms with Crippen molar-refractivity contribution in [2.45, 2.75) is 51.4 Å². The summed E-state index contributed by atoms with van der Waals surface area (Å²) in [6, 6.07) is 82.2. The van der Waals surface area contributed by atoms with E-state index >= 15 is 0 Å². The van der Waals surface area contributed by atoms with E-state index in [0.29, 0.717) is 0 Å². The largest absolute Gasteiger partial charge is 0.310 e. The van der Waals surface area contributed by atoms with Gasteiger partial charge in [0.15, 0.2) is 0 Å². The minimum Gasteiger partial charge on any atom is -0.310 e. The zero-order valence-electron chi connectivity index (χ0n) is 40.3. The van der Waals surface area contributed by atoms with Crippen molar-refractivity contribution in [2.24, 2.45) is 0 Å². The van der Waals surface area contributed by atoms with Gasteiger partial charge in [-0.25, -0.2) is 0 Å². The third kappa shape index (κ3) is 6.15. The van der Waals surface area contributed by atoms with Crippen LogP contribution in [0.15, 0.2) is 218 Å². The summed E-state index contributed by atoms with van der Waals surface area (Å²) in [4.78, 5) is 5.03. The first-order chi connectivity index (χ1) is 35.8. The average Bonchev–Trinajstić information content (AvgIpc) is 3.95. The highest BCUT2D eigenvalue weighted by Crippen LogP contribution is 2.59. The van der Waals surface area contributed by atoms with Crippen LogP contribution in [0.1, 0.15) is 47.9 Å². The van der Waals surface area contributed by atoms with Gasteiger partial charge in [-0.1, -0.05) is 158 Å². The topological polar surface area (TPSA) is 6.48 Å². The molecule has 0 saturated carbocycles. The maximum Gasteiger partial charge on any atom is 0.0543 e. The summed E-state index contributed by atoms with van der Waals surface area (Å²) in [5.74, 6) is 0. The summed E-state index contributed by atoms with van der Waals surface area (Å²) in [5, 5.41) is 16.5. The highest BCUT2D eigenvalue weighted by atomic mass is 15.1. The molecule has 0 aromatic heterocycles. The smallest absolute Gasteiger partial charge is 0.0543 e. The van der Waals surface area contributed by atoms with Crippen LogP contribution < -0.4 is 9.80 Å². The van der Waals surface area contributed by atoms with Gasteiger partial charge in [-0.05, 0) is 210 Å². The molecule has 13 aromatic rings. The molecule has 0 unspecified atom stereocenters. The Hall–Kier alpha value is -8.46. The Morgan fingerprint density at radius 1 is 0.250 bits per heavy atom. The molecule has 0 N–H and O–H groups in total. The van der Waals surface area contributed by atoms with Crippen LogP contribution in [-0.2, 0) is 25.7 Å². The van der Waals surface area contributed by atoms with Crippen LogP contribution in [0.3, 0.4) is 0 Å². The number of fused-ring (bicyclic) bond motifs is 10. The molecule has 0 fully saturated rings. The quantitative estimate of drug-likeness (QED) is 0.150. The van der Waals surface area contributed by atoms with Crippen molar-refractivity contribution in [3.05, 3.63) is 241 Å². The summed E-state index contributed by atoms with van der Waals surface area (Å²) in [6.45, 7) is 0. The predicted molar refractivity (Wildman–Crippen MR) is 307 cm³/mol. The van der Waals surface area contributed by atoms with Gasteiger partial charge in [0.1, 0.15) is 0 Å². The molecule has 2 aliphatic carbocycles. The van der Waals surface area contributed by atoms with Gasteiger partial charge in [-0.15, -0.1) is 0 Å². The molecule has 0 radical (unpaired) electrons. The molecular formula is C70H52N2. The van der Waals surface area contributed by atoms with Crippen LogP contribution >= 0.6 is 0 Å². The number of benzene rings is 11. The van der Waals surface area contributed by atoms with Crippen molar-refractivity contribution in [3.8, 4) is 22.3 Å². The molecule has 72 heavy (non-hydrogen) atoms. The molecule has 15 rings (SSSR count). The Morgan fingerprint density at radius 3 is 0.903 bits per heavy atom. The second-order valence-corrected chi connectivity index (χ2v) is 20.3. The van der Waals surface area contributed by atoms with Gasteiger partial charge in [0.25, 0.3) is 0 Å². The van der Waals surface area contributed by atoms with Crippen LogP contribution in [0.4, 0.5) is 34.1 Å². The number of anilines is 6. The second-order valence-electron chi connectivity index (χ2n) is 20.3. The molecule has 0 aliphatic heterocycles. The monoisotopic (exact) mass is 920 g/mol. The normalized spacial score (nSPS) is 13.7. The average molecular weight is 921 g/mol. The number of para-hydroxylation sites is 4. The fourth-order valence-electron chi connectivity index (χ4n) is 13.6. The minimum atomic E-state index is 1.08. The van der Waals surface area contributed by atoms with Gasteiger partial charge in [0.05, 0.1) is 11.4 Å². The van der Waals surface area contributed by atoms with E-state index < -0.39 is 0 Å². The number of aryl methyl sites for hydroxylation is 4. The molecule has 2 heteroatoms. The van der Waals surface area contributed by atoms with Crippen molar-refractivity contribution in [3.63, 3.8) is 0 Å². The first-order valence-corrected chi connectivity index (χ1v) is 26.2. The van der Waals surface area contributed by atoms with Crippen molar-refractivity contribution in [2.75, 3.05) is 9.80 Å². The molecule has 0 spiro atoms. The van der Waals surface area contributed by atoms with Crippen molar-refractivity contribution >= 4 is 98.8 Å². The lowest BCUT2D eigenvalue weighted by Gasteiger charge is -2.29. The van der Waals surface area contributed by atoms with Gasteiger partial charge in [-0.2, -0.15) is 0 Å². The Bertz CT molecular complexity index is 3820. The van der Waals surface area contributed by atoms with Gasteiger partial charge in [0.2, 0.25) is 0 Å². The Kier molecular flexibility index (Phi) is 9.52. The van der Waals surface area contributed by atoms with Crippen LogP contribution in [0, 0.1) is 0 Å². The third-order valence-corrected chi connectivity index (χ3v) is 16.4. The SMILES string of the molecule is c1ccc(-c2c3c4ccc(N(c5ccccc5)c5ccccc5)c5c6c(cc(c3c(-c3ccccc3)c3c7ccc(N(c8ccccc8)c8ccccc8)c8c9c(cc(c23)c87)CCCC9)c54)CCCC6)cc1. The zero-order chi connectivity index (χ0) is 47.3. The van der Waals surface area contributed by atoms with Crippen molar-refractivity contribution in [1.29, 1.82) is 0 Å². The fourth-order valence-corrected chi connectivity index (χ4v) is 13.6. The second kappa shape index (κ2) is 16.6. The Balaban J connectivity index is 1.17. The first-order valence-electron chi connectivity index (χ1n) is 26.2. The van der Waals surface area contributed by atoms with Gasteiger partial charge in [0, 0.05) is 33.5 Å². The highest BCUT2D eigenvalue weighted by Gasteiger charge is 2.33. The molecule has 13 aromatic carbocycles. The van der Waals surface area contributed by atoms with Crippen molar-refractivity contribution in [1.82, 2.24) is 0 Å². The molecule has 0 atom stereocenters. The summed E-state index contributed by atoms with van der Waals surface area (Å²) in [7, 11) is 0. The lowest BCUT2D eigenvalue weighted by molar-refractivity contribution is 0.691. The van der Waals surface area contributed by atoms with E-state index in [9.17, 15) is 0 Å². The third-order valence-electron chi connectivity index (χ3n) is 16.4. The molecular weight excluding hydrogens is 869 g/mol. The molecule has 2 aliphatic rings. The molecule has 0 heterocycles. The van der Waals surface area contributed by atoms with Gasteiger partial charge in [-0.3, -0.25) is 0 Å². The Morgan fingerprint density at radius 2 is 0.556 bits per heavy atom. The standard InChI is InChI=1S/C70H52N2/c1-7-23-45(24-8-1)61-67-55-39-41-59(71(49-29-11-3-12-30-49)50-31-13-4-14-32-50)65-54-38-22-20-28-48(54)44-58(63(55)65)70(67)62(46-25-9-2-10-26-46)68-56-40-42-60(72(51-33-15-5-16-34-51)52-35-17-6-18-36-52)66-53-37-21-19-27-47(53)43-57(64(56)66)69(61)68/h1-18,23-26,29-36,39-44H,19-22,27-28,37-38H2. The highest BCUT2D eigenvalue weighted by molar-refractivity contribution is 6.47. The van der Waals surface area contributed by atoms with E-state index in [4.69, 9.17) is 0 Å².